The fraction of sp³-hybridized carbons (Fsp3) is 0.208. The summed E-state index contributed by atoms with van der Waals surface area (Å²) in [4.78, 5) is 12.9. The summed E-state index contributed by atoms with van der Waals surface area (Å²) in [6, 6.07) is 18.9. The summed E-state index contributed by atoms with van der Waals surface area (Å²) in [6.45, 7) is 5.38. The van der Waals surface area contributed by atoms with Crippen molar-refractivity contribution in [2.75, 3.05) is 23.3 Å². The number of ether oxygens (including phenoxy) is 1. The molecule has 0 bridgehead atoms. The lowest BCUT2D eigenvalue weighted by Gasteiger charge is -2.24. The van der Waals surface area contributed by atoms with Crippen molar-refractivity contribution < 1.29 is 17.9 Å². The van der Waals surface area contributed by atoms with Crippen LogP contribution in [0.4, 0.5) is 11.4 Å². The molecule has 1 N–H and O–H groups in total. The lowest BCUT2D eigenvalue weighted by molar-refractivity contribution is -0.114. The lowest BCUT2D eigenvalue weighted by Crippen LogP contribution is -2.38. The minimum Gasteiger partial charge on any atom is -0.497 e. The van der Waals surface area contributed by atoms with Crippen molar-refractivity contribution >= 4 is 27.3 Å². The number of amides is 1. The Labute approximate surface area is 183 Å². The summed E-state index contributed by atoms with van der Waals surface area (Å²) < 4.78 is 33.1. The van der Waals surface area contributed by atoms with Gasteiger partial charge in [0.2, 0.25) is 5.91 Å². The molecule has 3 aromatic carbocycles. The molecule has 0 aliphatic rings. The minimum atomic E-state index is -3.98. The summed E-state index contributed by atoms with van der Waals surface area (Å²) >= 11 is 0. The van der Waals surface area contributed by atoms with Crippen LogP contribution in [-0.2, 0) is 14.8 Å². The number of carbonyl (C=O) groups is 1. The predicted molar refractivity (Wildman–Crippen MR) is 123 cm³/mol. The van der Waals surface area contributed by atoms with Crippen molar-refractivity contribution in [1.82, 2.24) is 0 Å². The van der Waals surface area contributed by atoms with Crippen LogP contribution in [0.2, 0.25) is 0 Å². The largest absolute Gasteiger partial charge is 0.497 e. The molecule has 0 aromatic heterocycles. The van der Waals surface area contributed by atoms with Crippen LogP contribution in [0.15, 0.2) is 71.6 Å². The smallest absolute Gasteiger partial charge is 0.264 e. The Balaban J connectivity index is 1.95. The average molecular weight is 439 g/mol. The van der Waals surface area contributed by atoms with Gasteiger partial charge in [0.1, 0.15) is 12.3 Å². The maximum absolute atomic E-state index is 13.4. The summed E-state index contributed by atoms with van der Waals surface area (Å²) in [5.74, 6) is 0.125. The van der Waals surface area contributed by atoms with E-state index in [4.69, 9.17) is 4.74 Å². The molecule has 3 rings (SSSR count). The Bertz CT molecular complexity index is 1170. The van der Waals surface area contributed by atoms with Gasteiger partial charge in [-0.3, -0.25) is 9.10 Å². The molecule has 0 heterocycles. The second-order valence-electron chi connectivity index (χ2n) is 7.39. The molecule has 31 heavy (non-hydrogen) atoms. The van der Waals surface area contributed by atoms with Crippen LogP contribution in [0.25, 0.3) is 0 Å². The zero-order valence-corrected chi connectivity index (χ0v) is 18.9. The van der Waals surface area contributed by atoms with E-state index in [2.05, 4.69) is 5.32 Å². The predicted octanol–water partition coefficient (Wildman–Crippen LogP) is 4.45. The highest BCUT2D eigenvalue weighted by atomic mass is 32.2. The molecule has 0 atom stereocenters. The van der Waals surface area contributed by atoms with Gasteiger partial charge in [0.05, 0.1) is 17.7 Å². The first-order valence-electron chi connectivity index (χ1n) is 9.81. The van der Waals surface area contributed by atoms with Gasteiger partial charge < -0.3 is 10.1 Å². The van der Waals surface area contributed by atoms with Crippen molar-refractivity contribution in [1.29, 1.82) is 0 Å². The van der Waals surface area contributed by atoms with Gasteiger partial charge in [0.25, 0.3) is 10.0 Å². The van der Waals surface area contributed by atoms with Crippen molar-refractivity contribution in [3.05, 3.63) is 83.4 Å². The van der Waals surface area contributed by atoms with E-state index in [0.29, 0.717) is 17.1 Å². The maximum Gasteiger partial charge on any atom is 0.264 e. The first kappa shape index (κ1) is 22.4. The van der Waals surface area contributed by atoms with Gasteiger partial charge in [0, 0.05) is 5.69 Å². The molecule has 0 spiro atoms. The number of aryl methyl sites for hydroxylation is 3. The summed E-state index contributed by atoms with van der Waals surface area (Å²) in [6.07, 6.45) is 0. The lowest BCUT2D eigenvalue weighted by atomic mass is 10.1. The number of benzene rings is 3. The molecule has 0 fully saturated rings. The van der Waals surface area contributed by atoms with Gasteiger partial charge in [-0.2, -0.15) is 0 Å². The molecule has 0 aliphatic carbocycles. The molecule has 3 aromatic rings. The van der Waals surface area contributed by atoms with E-state index in [1.165, 1.54) is 19.2 Å². The van der Waals surface area contributed by atoms with Gasteiger partial charge in [0.15, 0.2) is 0 Å². The summed E-state index contributed by atoms with van der Waals surface area (Å²) in [5.41, 5.74) is 3.97. The third kappa shape index (κ3) is 5.24. The van der Waals surface area contributed by atoms with E-state index in [-0.39, 0.29) is 11.4 Å². The molecule has 1 amide bonds. The van der Waals surface area contributed by atoms with Gasteiger partial charge >= 0.3 is 0 Å². The normalized spacial score (nSPS) is 11.1. The third-order valence-electron chi connectivity index (χ3n) is 4.92. The number of carbonyl (C=O) groups excluding carboxylic acids is 1. The molecule has 6 nitrogen and oxygen atoms in total. The van der Waals surface area contributed by atoms with Crippen LogP contribution in [-0.4, -0.2) is 28.0 Å². The van der Waals surface area contributed by atoms with Crippen LogP contribution in [0.3, 0.4) is 0 Å². The van der Waals surface area contributed by atoms with Crippen molar-refractivity contribution in [3.8, 4) is 5.75 Å². The maximum atomic E-state index is 13.4. The quantitative estimate of drug-likeness (QED) is 0.591. The van der Waals surface area contributed by atoms with Crippen LogP contribution < -0.4 is 14.4 Å². The highest BCUT2D eigenvalue weighted by molar-refractivity contribution is 7.92. The minimum absolute atomic E-state index is 0.0772. The molecular weight excluding hydrogens is 412 g/mol. The van der Waals surface area contributed by atoms with E-state index in [9.17, 15) is 13.2 Å². The first-order chi connectivity index (χ1) is 14.7. The van der Waals surface area contributed by atoms with Gasteiger partial charge in [-0.1, -0.05) is 29.8 Å². The fourth-order valence-corrected chi connectivity index (χ4v) is 4.51. The summed E-state index contributed by atoms with van der Waals surface area (Å²) in [7, 11) is -2.47. The number of methoxy groups -OCH3 is 1. The molecule has 0 saturated carbocycles. The Kier molecular flexibility index (Phi) is 6.65. The number of sulfonamides is 1. The van der Waals surface area contributed by atoms with E-state index in [0.717, 1.165) is 21.0 Å². The number of nitrogens with one attached hydrogen (secondary N) is 1. The van der Waals surface area contributed by atoms with Crippen molar-refractivity contribution in [3.63, 3.8) is 0 Å². The molecule has 7 heteroatoms. The highest BCUT2D eigenvalue weighted by Crippen LogP contribution is 2.26. The Morgan fingerprint density at radius 2 is 1.52 bits per heavy atom. The number of anilines is 2. The third-order valence-corrected chi connectivity index (χ3v) is 6.71. The number of hydrogen-bond donors (Lipinski definition) is 1. The van der Waals surface area contributed by atoms with Crippen LogP contribution in [0.1, 0.15) is 16.7 Å². The Morgan fingerprint density at radius 1 is 0.903 bits per heavy atom. The van der Waals surface area contributed by atoms with E-state index in [1.807, 2.05) is 51.1 Å². The van der Waals surface area contributed by atoms with E-state index in [1.54, 1.807) is 24.3 Å². The standard InChI is InChI=1S/C24H26N2O4S/c1-17-6-9-20(10-7-17)26(31(28,29)22-13-11-21(30-4)12-14-22)16-24(27)25-23-15-18(2)5-8-19(23)3/h5-15H,16H2,1-4H3,(H,25,27). The first-order valence-corrected chi connectivity index (χ1v) is 11.3. The van der Waals surface area contributed by atoms with Gasteiger partial charge in [-0.25, -0.2) is 8.42 Å². The van der Waals surface area contributed by atoms with E-state index < -0.39 is 15.9 Å². The van der Waals surface area contributed by atoms with Crippen molar-refractivity contribution in [2.24, 2.45) is 0 Å². The molecule has 162 valence electrons. The zero-order chi connectivity index (χ0) is 22.6. The second-order valence-corrected chi connectivity index (χ2v) is 9.25. The highest BCUT2D eigenvalue weighted by Gasteiger charge is 2.27. The number of rotatable bonds is 7. The zero-order valence-electron chi connectivity index (χ0n) is 18.0. The molecule has 0 unspecified atom stereocenters. The Hall–Kier alpha value is -3.32. The molecule has 0 saturated heterocycles. The topological polar surface area (TPSA) is 75.7 Å². The van der Waals surface area contributed by atoms with E-state index >= 15 is 0 Å². The molecular formula is C24H26N2O4S. The van der Waals surface area contributed by atoms with Crippen molar-refractivity contribution in [2.45, 2.75) is 25.7 Å². The molecule has 0 radical (unpaired) electrons. The summed E-state index contributed by atoms with van der Waals surface area (Å²) in [5, 5.41) is 2.84. The second kappa shape index (κ2) is 9.22. The van der Waals surface area contributed by atoms with Crippen LogP contribution >= 0.6 is 0 Å². The average Bonchev–Trinajstić information content (AvgIpc) is 2.75. The van der Waals surface area contributed by atoms with Crippen LogP contribution in [0, 0.1) is 20.8 Å². The number of hydrogen-bond acceptors (Lipinski definition) is 4. The SMILES string of the molecule is COc1ccc(S(=O)(=O)N(CC(=O)Nc2cc(C)ccc2C)c2ccc(C)cc2)cc1. The van der Waals surface area contributed by atoms with Crippen LogP contribution in [0.5, 0.6) is 5.75 Å². The fourth-order valence-electron chi connectivity index (χ4n) is 3.09. The number of nitrogens with zero attached hydrogens (tertiary/aromatic N) is 1. The Morgan fingerprint density at radius 3 is 2.13 bits per heavy atom. The molecule has 0 aliphatic heterocycles. The van der Waals surface area contributed by atoms with Gasteiger partial charge in [-0.05, 0) is 74.4 Å². The van der Waals surface area contributed by atoms with Gasteiger partial charge in [-0.15, -0.1) is 0 Å². The monoisotopic (exact) mass is 438 g/mol.